The molecule has 0 saturated heterocycles. The molecule has 0 unspecified atom stereocenters. The molecule has 2 rings (SSSR count). The van der Waals surface area contributed by atoms with Gasteiger partial charge in [0, 0.05) is 24.8 Å². The highest BCUT2D eigenvalue weighted by molar-refractivity contribution is 5.64. The van der Waals surface area contributed by atoms with Crippen LogP contribution in [0.3, 0.4) is 0 Å². The van der Waals surface area contributed by atoms with E-state index in [1.165, 1.54) is 0 Å². The lowest BCUT2D eigenvalue weighted by atomic mass is 10.1. The average Bonchev–Trinajstić information content (AvgIpc) is 2.49. The number of methoxy groups -OCH3 is 1. The number of aromatic nitrogens is 1. The first-order chi connectivity index (χ1) is 9.28. The van der Waals surface area contributed by atoms with Crippen molar-refractivity contribution in [2.24, 2.45) is 0 Å². The third-order valence-corrected chi connectivity index (χ3v) is 3.26. The highest BCUT2D eigenvalue weighted by Gasteiger charge is 2.04. The van der Waals surface area contributed by atoms with Crippen molar-refractivity contribution in [1.82, 2.24) is 4.98 Å². The second kappa shape index (κ2) is 6.23. The number of anilines is 1. The van der Waals surface area contributed by atoms with Gasteiger partial charge in [-0.15, -0.1) is 0 Å². The van der Waals surface area contributed by atoms with Gasteiger partial charge in [0.1, 0.15) is 11.6 Å². The fourth-order valence-electron chi connectivity index (χ4n) is 2.07. The SMILES string of the molecule is CCN(CC)c1ccc(-c2ccc(OC)cc2)cn1. The highest BCUT2D eigenvalue weighted by Crippen LogP contribution is 2.23. The van der Waals surface area contributed by atoms with Gasteiger partial charge in [-0.05, 0) is 43.7 Å². The van der Waals surface area contributed by atoms with Crippen LogP contribution >= 0.6 is 0 Å². The van der Waals surface area contributed by atoms with Gasteiger partial charge < -0.3 is 9.64 Å². The van der Waals surface area contributed by atoms with Crippen molar-refractivity contribution >= 4 is 5.82 Å². The van der Waals surface area contributed by atoms with Crippen LogP contribution < -0.4 is 9.64 Å². The van der Waals surface area contributed by atoms with Gasteiger partial charge >= 0.3 is 0 Å². The zero-order valence-electron chi connectivity index (χ0n) is 11.8. The van der Waals surface area contributed by atoms with Crippen molar-refractivity contribution in [2.75, 3.05) is 25.1 Å². The fourth-order valence-corrected chi connectivity index (χ4v) is 2.07. The van der Waals surface area contributed by atoms with Crippen LogP contribution in [-0.4, -0.2) is 25.2 Å². The largest absolute Gasteiger partial charge is 0.497 e. The molecule has 0 fully saturated rings. The Bertz CT molecular complexity index is 501. The monoisotopic (exact) mass is 256 g/mol. The minimum absolute atomic E-state index is 0.872. The first kappa shape index (κ1) is 13.4. The van der Waals surface area contributed by atoms with Gasteiger partial charge in [-0.3, -0.25) is 0 Å². The molecule has 0 spiro atoms. The van der Waals surface area contributed by atoms with Crippen LogP contribution in [0.25, 0.3) is 11.1 Å². The van der Waals surface area contributed by atoms with E-state index in [1.54, 1.807) is 7.11 Å². The first-order valence-corrected chi connectivity index (χ1v) is 6.64. The zero-order chi connectivity index (χ0) is 13.7. The second-order valence-electron chi connectivity index (χ2n) is 4.31. The number of ether oxygens (including phenoxy) is 1. The molecule has 0 atom stereocenters. The maximum absolute atomic E-state index is 5.16. The van der Waals surface area contributed by atoms with E-state index in [-0.39, 0.29) is 0 Å². The number of pyridine rings is 1. The van der Waals surface area contributed by atoms with Crippen molar-refractivity contribution in [1.29, 1.82) is 0 Å². The Kier molecular flexibility index (Phi) is 4.39. The summed E-state index contributed by atoms with van der Waals surface area (Å²) >= 11 is 0. The van der Waals surface area contributed by atoms with E-state index in [1.807, 2.05) is 30.5 Å². The lowest BCUT2D eigenvalue weighted by Gasteiger charge is -2.19. The van der Waals surface area contributed by atoms with Gasteiger partial charge in [-0.1, -0.05) is 12.1 Å². The maximum Gasteiger partial charge on any atom is 0.128 e. The normalized spacial score (nSPS) is 10.3. The average molecular weight is 256 g/mol. The third-order valence-electron chi connectivity index (χ3n) is 3.26. The predicted molar refractivity (Wildman–Crippen MR) is 79.8 cm³/mol. The Labute approximate surface area is 114 Å². The van der Waals surface area contributed by atoms with Crippen molar-refractivity contribution < 1.29 is 4.74 Å². The van der Waals surface area contributed by atoms with Crippen LogP contribution in [0, 0.1) is 0 Å². The van der Waals surface area contributed by atoms with Gasteiger partial charge in [0.15, 0.2) is 0 Å². The minimum Gasteiger partial charge on any atom is -0.497 e. The Morgan fingerprint density at radius 2 is 1.58 bits per heavy atom. The highest BCUT2D eigenvalue weighted by atomic mass is 16.5. The molecule has 1 aromatic heterocycles. The van der Waals surface area contributed by atoms with E-state index in [0.29, 0.717) is 0 Å². The Balaban J connectivity index is 2.21. The summed E-state index contributed by atoms with van der Waals surface area (Å²) in [4.78, 5) is 6.77. The fraction of sp³-hybridized carbons (Fsp3) is 0.312. The molecule has 0 amide bonds. The lowest BCUT2D eigenvalue weighted by molar-refractivity contribution is 0.415. The molecule has 0 saturated carbocycles. The lowest BCUT2D eigenvalue weighted by Crippen LogP contribution is -2.22. The molecule has 0 N–H and O–H groups in total. The summed E-state index contributed by atoms with van der Waals surface area (Å²) in [6, 6.07) is 12.2. The topological polar surface area (TPSA) is 25.4 Å². The molecule has 0 aliphatic heterocycles. The molecule has 3 nitrogen and oxygen atoms in total. The number of rotatable bonds is 5. The summed E-state index contributed by atoms with van der Waals surface area (Å²) < 4.78 is 5.16. The molecule has 1 heterocycles. The van der Waals surface area contributed by atoms with Gasteiger partial charge in [0.05, 0.1) is 7.11 Å². The summed E-state index contributed by atoms with van der Waals surface area (Å²) in [6.07, 6.45) is 1.93. The second-order valence-corrected chi connectivity index (χ2v) is 4.31. The molecule has 2 aromatic rings. The van der Waals surface area contributed by atoms with Crippen LogP contribution in [0.4, 0.5) is 5.82 Å². The molecule has 19 heavy (non-hydrogen) atoms. The minimum atomic E-state index is 0.872. The van der Waals surface area contributed by atoms with Crippen molar-refractivity contribution in [3.63, 3.8) is 0 Å². The van der Waals surface area contributed by atoms with Crippen molar-refractivity contribution in [3.8, 4) is 16.9 Å². The maximum atomic E-state index is 5.16. The molecular weight excluding hydrogens is 236 g/mol. The summed E-state index contributed by atoms with van der Waals surface area (Å²) in [6.45, 7) is 6.24. The number of nitrogens with zero attached hydrogens (tertiary/aromatic N) is 2. The molecule has 0 aliphatic rings. The van der Waals surface area contributed by atoms with Gasteiger partial charge in [-0.25, -0.2) is 4.98 Å². The van der Waals surface area contributed by atoms with E-state index in [2.05, 4.69) is 35.9 Å². The van der Waals surface area contributed by atoms with E-state index < -0.39 is 0 Å². The smallest absolute Gasteiger partial charge is 0.128 e. The summed E-state index contributed by atoms with van der Waals surface area (Å²) in [5.41, 5.74) is 2.28. The van der Waals surface area contributed by atoms with Crippen LogP contribution in [0.2, 0.25) is 0 Å². The van der Waals surface area contributed by atoms with E-state index in [0.717, 1.165) is 35.8 Å². The van der Waals surface area contributed by atoms with Gasteiger partial charge in [-0.2, -0.15) is 0 Å². The van der Waals surface area contributed by atoms with Crippen LogP contribution in [0.5, 0.6) is 5.75 Å². The molecule has 0 aliphatic carbocycles. The molecular formula is C16H20N2O. The van der Waals surface area contributed by atoms with Crippen molar-refractivity contribution in [3.05, 3.63) is 42.6 Å². The first-order valence-electron chi connectivity index (χ1n) is 6.64. The number of hydrogen-bond acceptors (Lipinski definition) is 3. The van der Waals surface area contributed by atoms with Crippen LogP contribution in [0.15, 0.2) is 42.6 Å². The molecule has 1 aromatic carbocycles. The number of hydrogen-bond donors (Lipinski definition) is 0. The van der Waals surface area contributed by atoms with Crippen molar-refractivity contribution in [2.45, 2.75) is 13.8 Å². The summed E-state index contributed by atoms with van der Waals surface area (Å²) in [5.74, 6) is 1.90. The molecule has 0 radical (unpaired) electrons. The molecule has 3 heteroatoms. The Morgan fingerprint density at radius 1 is 0.947 bits per heavy atom. The predicted octanol–water partition coefficient (Wildman–Crippen LogP) is 3.60. The van der Waals surface area contributed by atoms with E-state index in [4.69, 9.17) is 4.74 Å². The third kappa shape index (κ3) is 3.05. The molecule has 0 bridgehead atoms. The Morgan fingerprint density at radius 3 is 2.05 bits per heavy atom. The van der Waals surface area contributed by atoms with Crippen LogP contribution in [-0.2, 0) is 0 Å². The zero-order valence-corrected chi connectivity index (χ0v) is 11.8. The quantitative estimate of drug-likeness (QED) is 0.817. The Hall–Kier alpha value is -2.03. The van der Waals surface area contributed by atoms with E-state index >= 15 is 0 Å². The summed E-state index contributed by atoms with van der Waals surface area (Å²) in [5, 5.41) is 0. The van der Waals surface area contributed by atoms with Crippen LogP contribution in [0.1, 0.15) is 13.8 Å². The summed E-state index contributed by atoms with van der Waals surface area (Å²) in [7, 11) is 1.68. The number of benzene rings is 1. The molecule has 100 valence electrons. The standard InChI is InChI=1S/C16H20N2O/c1-4-18(5-2)16-11-8-14(12-17-16)13-6-9-15(19-3)10-7-13/h6-12H,4-5H2,1-3H3. The van der Waals surface area contributed by atoms with Gasteiger partial charge in [0.25, 0.3) is 0 Å². The van der Waals surface area contributed by atoms with E-state index in [9.17, 15) is 0 Å². The van der Waals surface area contributed by atoms with Gasteiger partial charge in [0.2, 0.25) is 0 Å².